The molecule has 0 saturated carbocycles. The van der Waals surface area contributed by atoms with E-state index in [0.29, 0.717) is 13.0 Å². The topological polar surface area (TPSA) is 41.6 Å². The summed E-state index contributed by atoms with van der Waals surface area (Å²) in [5.41, 5.74) is 2.38. The molecule has 0 spiro atoms. The third-order valence-electron chi connectivity index (χ3n) is 5.17. The predicted octanol–water partition coefficient (Wildman–Crippen LogP) is 2.94. The summed E-state index contributed by atoms with van der Waals surface area (Å²) in [4.78, 5) is 15.1. The molecule has 25 heavy (non-hydrogen) atoms. The van der Waals surface area contributed by atoms with Gasteiger partial charge in [0.1, 0.15) is 5.75 Å². The number of hydrogen-bond acceptors (Lipinski definition) is 3. The maximum absolute atomic E-state index is 12.6. The highest BCUT2D eigenvalue weighted by atomic mass is 16.5. The van der Waals surface area contributed by atoms with Crippen LogP contribution < -0.4 is 10.1 Å². The zero-order valence-corrected chi connectivity index (χ0v) is 14.4. The molecular formula is C21H24N2O2. The molecule has 0 radical (unpaired) electrons. The maximum Gasteiger partial charge on any atom is 0.261 e. The van der Waals surface area contributed by atoms with Gasteiger partial charge in [0.15, 0.2) is 6.10 Å². The first-order valence-electron chi connectivity index (χ1n) is 9.12. The van der Waals surface area contributed by atoms with Gasteiger partial charge in [-0.1, -0.05) is 48.5 Å². The van der Waals surface area contributed by atoms with E-state index < -0.39 is 6.10 Å². The van der Waals surface area contributed by atoms with Crippen molar-refractivity contribution < 1.29 is 9.53 Å². The minimum Gasteiger partial charge on any atom is -0.480 e. The Morgan fingerprint density at radius 2 is 1.80 bits per heavy atom. The molecule has 1 saturated heterocycles. The average molecular weight is 336 g/mol. The number of fused-ring (bicyclic) bond motifs is 1. The van der Waals surface area contributed by atoms with Gasteiger partial charge in [-0.2, -0.15) is 0 Å². The zero-order valence-electron chi connectivity index (χ0n) is 14.4. The van der Waals surface area contributed by atoms with Crippen molar-refractivity contribution >= 4 is 5.91 Å². The van der Waals surface area contributed by atoms with E-state index in [2.05, 4.69) is 34.5 Å². The van der Waals surface area contributed by atoms with Gasteiger partial charge < -0.3 is 10.1 Å². The van der Waals surface area contributed by atoms with Crippen molar-refractivity contribution in [3.8, 4) is 5.75 Å². The second-order valence-corrected chi connectivity index (χ2v) is 6.83. The number of nitrogens with zero attached hydrogens (tertiary/aromatic N) is 1. The molecule has 1 amide bonds. The number of amides is 1. The number of ether oxygens (including phenoxy) is 1. The monoisotopic (exact) mass is 336 g/mol. The van der Waals surface area contributed by atoms with Crippen molar-refractivity contribution in [2.75, 3.05) is 19.6 Å². The summed E-state index contributed by atoms with van der Waals surface area (Å²) in [6.07, 6.45) is 2.71. The smallest absolute Gasteiger partial charge is 0.261 e. The molecule has 4 nitrogen and oxygen atoms in total. The van der Waals surface area contributed by atoms with E-state index in [1.165, 1.54) is 18.4 Å². The van der Waals surface area contributed by atoms with Crippen LogP contribution in [0.3, 0.4) is 0 Å². The minimum absolute atomic E-state index is 0.0173. The summed E-state index contributed by atoms with van der Waals surface area (Å²) in [5, 5.41) is 3.13. The Balaban J connectivity index is 1.40. The molecule has 2 aliphatic rings. The molecule has 0 bridgehead atoms. The third-order valence-corrected chi connectivity index (χ3v) is 5.17. The number of benzene rings is 2. The number of carbonyl (C=O) groups is 1. The fourth-order valence-corrected chi connectivity index (χ4v) is 3.83. The number of hydrogen-bond donors (Lipinski definition) is 1. The van der Waals surface area contributed by atoms with Crippen LogP contribution in [0.1, 0.15) is 30.0 Å². The van der Waals surface area contributed by atoms with Crippen LogP contribution >= 0.6 is 0 Å². The van der Waals surface area contributed by atoms with Gasteiger partial charge in [-0.25, -0.2) is 0 Å². The van der Waals surface area contributed by atoms with Gasteiger partial charge in [-0.15, -0.1) is 0 Å². The normalized spacial score (nSPS) is 20.7. The Labute approximate surface area is 148 Å². The van der Waals surface area contributed by atoms with Crippen LogP contribution in [0.5, 0.6) is 5.75 Å². The van der Waals surface area contributed by atoms with Crippen molar-refractivity contribution in [2.24, 2.45) is 0 Å². The molecule has 130 valence electrons. The lowest BCUT2D eigenvalue weighted by Crippen LogP contribution is -2.42. The van der Waals surface area contributed by atoms with Crippen LogP contribution in [0.25, 0.3) is 0 Å². The molecular weight excluding hydrogens is 312 g/mol. The van der Waals surface area contributed by atoms with Crippen LogP contribution in [0, 0.1) is 0 Å². The van der Waals surface area contributed by atoms with E-state index in [-0.39, 0.29) is 11.9 Å². The minimum atomic E-state index is -0.410. The van der Waals surface area contributed by atoms with Gasteiger partial charge in [0, 0.05) is 13.0 Å². The van der Waals surface area contributed by atoms with E-state index in [1.807, 2.05) is 30.3 Å². The molecule has 1 fully saturated rings. The quantitative estimate of drug-likeness (QED) is 0.913. The first kappa shape index (κ1) is 16.2. The van der Waals surface area contributed by atoms with E-state index in [0.717, 1.165) is 24.4 Å². The predicted molar refractivity (Wildman–Crippen MR) is 97.6 cm³/mol. The molecule has 4 rings (SSSR count). The molecule has 0 unspecified atom stereocenters. The second-order valence-electron chi connectivity index (χ2n) is 6.83. The highest BCUT2D eigenvalue weighted by molar-refractivity contribution is 5.82. The fraction of sp³-hybridized carbons (Fsp3) is 0.381. The lowest BCUT2D eigenvalue weighted by atomic mass is 10.1. The average Bonchev–Trinajstić information content (AvgIpc) is 3.32. The molecule has 4 heteroatoms. The van der Waals surface area contributed by atoms with Gasteiger partial charge in [0.25, 0.3) is 5.91 Å². The van der Waals surface area contributed by atoms with Crippen LogP contribution in [-0.2, 0) is 11.2 Å². The Kier molecular flexibility index (Phi) is 4.70. The second kappa shape index (κ2) is 7.28. The van der Waals surface area contributed by atoms with Crippen molar-refractivity contribution in [2.45, 2.75) is 31.4 Å². The molecule has 0 aliphatic carbocycles. The molecule has 1 N–H and O–H groups in total. The highest BCUT2D eigenvalue weighted by Gasteiger charge is 2.30. The Morgan fingerprint density at radius 1 is 1.08 bits per heavy atom. The van der Waals surface area contributed by atoms with Gasteiger partial charge in [0.2, 0.25) is 0 Å². The van der Waals surface area contributed by atoms with Crippen LogP contribution in [0.2, 0.25) is 0 Å². The van der Waals surface area contributed by atoms with Gasteiger partial charge in [0.05, 0.1) is 6.04 Å². The summed E-state index contributed by atoms with van der Waals surface area (Å²) >= 11 is 0. The van der Waals surface area contributed by atoms with Gasteiger partial charge in [-0.3, -0.25) is 9.69 Å². The van der Waals surface area contributed by atoms with Crippen LogP contribution in [-0.4, -0.2) is 36.5 Å². The lowest BCUT2D eigenvalue weighted by Gasteiger charge is -2.28. The number of rotatable bonds is 5. The first-order valence-corrected chi connectivity index (χ1v) is 9.12. The summed E-state index contributed by atoms with van der Waals surface area (Å²) in [7, 11) is 0. The standard InChI is InChI=1S/C21H24N2O2/c24-21(20-14-17-10-4-5-11-19(17)25-20)22-15-18(23-12-6-7-13-23)16-8-2-1-3-9-16/h1-5,8-11,18,20H,6-7,12-15H2,(H,22,24)/t18-,20+/m1/s1. The largest absolute Gasteiger partial charge is 0.480 e. The summed E-state index contributed by atoms with van der Waals surface area (Å²) < 4.78 is 5.81. The molecule has 2 aromatic carbocycles. The lowest BCUT2D eigenvalue weighted by molar-refractivity contribution is -0.127. The van der Waals surface area contributed by atoms with E-state index >= 15 is 0 Å². The number of para-hydroxylation sites is 1. The Bertz CT molecular complexity index is 701. The Hall–Kier alpha value is -2.33. The molecule has 2 atom stereocenters. The summed E-state index contributed by atoms with van der Waals surface area (Å²) in [5.74, 6) is 0.818. The molecule has 2 aromatic rings. The van der Waals surface area contributed by atoms with Crippen LogP contribution in [0.15, 0.2) is 54.6 Å². The maximum atomic E-state index is 12.6. The van der Waals surface area contributed by atoms with Gasteiger partial charge >= 0.3 is 0 Å². The highest BCUT2D eigenvalue weighted by Crippen LogP contribution is 2.28. The van der Waals surface area contributed by atoms with Crippen molar-refractivity contribution in [3.05, 3.63) is 65.7 Å². The van der Waals surface area contributed by atoms with Crippen molar-refractivity contribution in [3.63, 3.8) is 0 Å². The van der Waals surface area contributed by atoms with Crippen molar-refractivity contribution in [1.82, 2.24) is 10.2 Å². The third kappa shape index (κ3) is 3.54. The fourth-order valence-electron chi connectivity index (χ4n) is 3.83. The molecule has 2 heterocycles. The first-order chi connectivity index (χ1) is 12.3. The number of carbonyl (C=O) groups excluding carboxylic acids is 1. The number of likely N-dealkylation sites (tertiary alicyclic amines) is 1. The van der Waals surface area contributed by atoms with Crippen molar-refractivity contribution in [1.29, 1.82) is 0 Å². The number of nitrogens with one attached hydrogen (secondary N) is 1. The zero-order chi connectivity index (χ0) is 17.1. The molecule has 0 aromatic heterocycles. The Morgan fingerprint density at radius 3 is 2.56 bits per heavy atom. The van der Waals surface area contributed by atoms with E-state index in [9.17, 15) is 4.79 Å². The van der Waals surface area contributed by atoms with E-state index in [1.54, 1.807) is 0 Å². The van der Waals surface area contributed by atoms with Gasteiger partial charge in [-0.05, 0) is 43.1 Å². The summed E-state index contributed by atoms with van der Waals surface area (Å²) in [6, 6.07) is 18.6. The SMILES string of the molecule is O=C(NC[C@H](c1ccccc1)N1CCCC1)[C@@H]1Cc2ccccc2O1. The van der Waals surface area contributed by atoms with Crippen LogP contribution in [0.4, 0.5) is 0 Å². The molecule has 2 aliphatic heterocycles. The summed E-state index contributed by atoms with van der Waals surface area (Å²) in [6.45, 7) is 2.82. The van der Waals surface area contributed by atoms with E-state index in [4.69, 9.17) is 4.74 Å².